The van der Waals surface area contributed by atoms with Crippen LogP contribution in [0.5, 0.6) is 11.6 Å². The van der Waals surface area contributed by atoms with Gasteiger partial charge in [0.05, 0.1) is 24.7 Å². The molecule has 2 fully saturated rings. The third-order valence-electron chi connectivity index (χ3n) is 8.50. The summed E-state index contributed by atoms with van der Waals surface area (Å²) in [5, 5.41) is 2.50. The van der Waals surface area contributed by atoms with Gasteiger partial charge in [-0.3, -0.25) is 4.79 Å². The van der Waals surface area contributed by atoms with Crippen molar-refractivity contribution in [3.05, 3.63) is 23.9 Å². The number of nitrogens with one attached hydrogen (secondary N) is 1. The number of rotatable bonds is 3. The first kappa shape index (κ1) is 38.5. The van der Waals surface area contributed by atoms with E-state index in [-0.39, 0.29) is 61.7 Å². The second-order valence-corrected chi connectivity index (χ2v) is 13.9. The molecule has 259 valence electrons. The van der Waals surface area contributed by atoms with Crippen LogP contribution in [0.15, 0.2) is 18.2 Å². The summed E-state index contributed by atoms with van der Waals surface area (Å²) in [7, 11) is 1.50. The summed E-state index contributed by atoms with van der Waals surface area (Å²) in [4.78, 5) is 47.8. The average molecular weight is 697 g/mol. The van der Waals surface area contributed by atoms with Crippen molar-refractivity contribution in [2.75, 3.05) is 20.2 Å². The summed E-state index contributed by atoms with van der Waals surface area (Å²) < 4.78 is 48.3. The largest absolute Gasteiger partial charge is 0.540 e. The Bertz CT molecular complexity index is 1370. The van der Waals surface area contributed by atoms with Gasteiger partial charge in [0.1, 0.15) is 36.4 Å². The summed E-state index contributed by atoms with van der Waals surface area (Å²) in [5.41, 5.74) is 0.943. The molecule has 1 aromatic carbocycles. The fourth-order valence-electron chi connectivity index (χ4n) is 6.27. The summed E-state index contributed by atoms with van der Waals surface area (Å²) in [6, 6.07) is 3.93. The molecule has 7 atom stereocenters. The van der Waals surface area contributed by atoms with Crippen molar-refractivity contribution in [3.63, 3.8) is 0 Å². The standard InChI is InChI=1S/C29H35F2N4O6.C5H12.V/c1-3-18-22(15-36)35-14-24(18)40-28-27(33-20-11-10-17(39-2)12-21(20)34-28)26(31)19(30)8-4-6-16-7-5-9-23(16)41-29(38)32-13-25(35)37;1-5(2,3)4;/h10-12,16,18-19,22-24,26H,3-9,13-14H2,1-2H3,(H,32,38);1-4H3;/q-1;;/t16-,18?,19?,22-,23-,24+,26?;;/m1../s1. The number of carbonyl (C=O) groups is 2. The molecule has 5 rings (SSSR count). The van der Waals surface area contributed by atoms with Gasteiger partial charge in [-0.25, -0.2) is 29.8 Å². The number of nitrogens with zero attached hydrogens (tertiary/aromatic N) is 3. The molecule has 3 heterocycles. The first-order chi connectivity index (χ1) is 21.8. The van der Waals surface area contributed by atoms with E-state index in [9.17, 15) is 14.4 Å². The van der Waals surface area contributed by atoms with Gasteiger partial charge in [-0.15, -0.1) is 0 Å². The Labute approximate surface area is 288 Å². The minimum Gasteiger partial charge on any atom is -0.540 e. The molecule has 1 saturated carbocycles. The van der Waals surface area contributed by atoms with Gasteiger partial charge in [0.2, 0.25) is 11.8 Å². The van der Waals surface area contributed by atoms with E-state index in [1.165, 1.54) is 12.0 Å². The number of methoxy groups -OCH3 is 1. The van der Waals surface area contributed by atoms with Crippen molar-refractivity contribution in [3.8, 4) is 11.6 Å². The molecule has 2 aliphatic heterocycles. The molecule has 3 unspecified atom stereocenters. The average Bonchev–Trinajstić information content (AvgIpc) is 3.60. The monoisotopic (exact) mass is 696 g/mol. The van der Waals surface area contributed by atoms with Crippen molar-refractivity contribution in [1.82, 2.24) is 20.2 Å². The van der Waals surface area contributed by atoms with Crippen LogP contribution in [-0.4, -0.2) is 77.8 Å². The van der Waals surface area contributed by atoms with Crippen molar-refractivity contribution in [1.29, 1.82) is 0 Å². The Kier molecular flexibility index (Phi) is 13.8. The van der Waals surface area contributed by atoms with Crippen LogP contribution in [0.25, 0.3) is 11.0 Å². The smallest absolute Gasteiger partial charge is 0.407 e. The van der Waals surface area contributed by atoms with E-state index >= 15 is 8.78 Å². The predicted molar refractivity (Wildman–Crippen MR) is 169 cm³/mol. The number of ether oxygens (including phenoxy) is 3. The van der Waals surface area contributed by atoms with Gasteiger partial charge in [0, 0.05) is 24.6 Å². The van der Waals surface area contributed by atoms with E-state index in [0.29, 0.717) is 47.9 Å². The maximum atomic E-state index is 15.8. The van der Waals surface area contributed by atoms with Gasteiger partial charge in [0.25, 0.3) is 0 Å². The third-order valence-corrected chi connectivity index (χ3v) is 8.50. The number of hydrogen-bond donors (Lipinski definition) is 1. The van der Waals surface area contributed by atoms with E-state index in [1.807, 2.05) is 13.2 Å². The second-order valence-electron chi connectivity index (χ2n) is 13.9. The number of halogens is 2. The number of aromatic nitrogens is 2. The molecule has 2 bridgehead atoms. The Hall–Kier alpha value is -2.99. The van der Waals surface area contributed by atoms with Crippen molar-refractivity contribution < 1.29 is 55.9 Å². The second kappa shape index (κ2) is 16.9. The van der Waals surface area contributed by atoms with Crippen LogP contribution < -0.4 is 14.8 Å². The Morgan fingerprint density at radius 1 is 1.02 bits per heavy atom. The predicted octanol–water partition coefficient (Wildman–Crippen LogP) is 6.21. The summed E-state index contributed by atoms with van der Waals surface area (Å²) in [5.74, 6) is -0.677. The van der Waals surface area contributed by atoms with Gasteiger partial charge < -0.3 is 29.2 Å². The van der Waals surface area contributed by atoms with E-state index in [4.69, 9.17) is 14.2 Å². The van der Waals surface area contributed by atoms with Crippen LogP contribution in [0, 0.1) is 17.3 Å². The molecule has 47 heavy (non-hydrogen) atoms. The number of alkyl carbamates (subject to hydrolysis) is 1. The third kappa shape index (κ3) is 10.0. The van der Waals surface area contributed by atoms with Crippen molar-refractivity contribution >= 4 is 29.3 Å². The number of alkyl halides is 2. The summed E-state index contributed by atoms with van der Waals surface area (Å²) >= 11 is 0. The SMILES string of the molecule is CC(C)(C)C.CCC1[C@@H]2CN(C(=O)CNC(=O)O[C@@H]3CCC[C@H]3CCCC(F)C(F)c3nc4ccc(OC)cc4nc3O2)[C@@H]1[C-]=O.[V]. The molecule has 1 N–H and O–H groups in total. The quantitative estimate of drug-likeness (QED) is 0.377. The van der Waals surface area contributed by atoms with Gasteiger partial charge in [0.15, 0.2) is 6.17 Å². The molecule has 10 nitrogen and oxygen atoms in total. The first-order valence-electron chi connectivity index (χ1n) is 16.2. The maximum Gasteiger partial charge on any atom is 0.407 e. The maximum absolute atomic E-state index is 15.8. The van der Waals surface area contributed by atoms with E-state index in [1.54, 1.807) is 18.2 Å². The van der Waals surface area contributed by atoms with Gasteiger partial charge in [-0.2, -0.15) is 0 Å². The first-order valence-corrected chi connectivity index (χ1v) is 16.2. The number of hydrogen-bond acceptors (Lipinski definition) is 8. The molecule has 1 saturated heterocycles. The number of carbonyl (C=O) groups excluding carboxylic acids is 3. The number of amides is 2. The van der Waals surface area contributed by atoms with Crippen molar-refractivity contribution in [2.24, 2.45) is 17.3 Å². The minimum absolute atomic E-state index is 0. The zero-order chi connectivity index (χ0) is 33.6. The molecule has 0 spiro atoms. The van der Waals surface area contributed by atoms with E-state index in [2.05, 4.69) is 43.0 Å². The molecule has 1 aliphatic carbocycles. The van der Waals surface area contributed by atoms with Crippen LogP contribution in [-0.2, 0) is 32.9 Å². The Morgan fingerprint density at radius 2 is 1.70 bits per heavy atom. The van der Waals surface area contributed by atoms with Crippen LogP contribution in [0.4, 0.5) is 13.6 Å². The minimum atomic E-state index is -2.11. The molecule has 1 radical (unpaired) electrons. The molecule has 2 amide bonds. The van der Waals surface area contributed by atoms with Crippen LogP contribution in [0.3, 0.4) is 0 Å². The van der Waals surface area contributed by atoms with E-state index in [0.717, 1.165) is 12.8 Å². The summed E-state index contributed by atoms with van der Waals surface area (Å²) in [6.45, 7) is 10.2. The van der Waals surface area contributed by atoms with Crippen LogP contribution in [0.1, 0.15) is 91.4 Å². The fourth-order valence-corrected chi connectivity index (χ4v) is 6.27. The van der Waals surface area contributed by atoms with Crippen LogP contribution >= 0.6 is 0 Å². The molecular weight excluding hydrogens is 649 g/mol. The number of benzene rings is 1. The molecule has 3 aliphatic rings. The Morgan fingerprint density at radius 3 is 2.34 bits per heavy atom. The zero-order valence-electron chi connectivity index (χ0n) is 28.1. The molecular formula is C34H47F2N4O6V-. The topological polar surface area (TPSA) is 120 Å². The number of fused-ring (bicyclic) bond motifs is 5. The fraction of sp³-hybridized carbons (Fsp3) is 0.676. The summed E-state index contributed by atoms with van der Waals surface area (Å²) in [6.07, 6.45) is -0.226. The van der Waals surface area contributed by atoms with Gasteiger partial charge in [-0.05, 0) is 61.5 Å². The molecule has 13 heteroatoms. The van der Waals surface area contributed by atoms with Crippen LogP contribution in [0.2, 0.25) is 0 Å². The van der Waals surface area contributed by atoms with Gasteiger partial charge >= 0.3 is 6.09 Å². The Balaban J connectivity index is 0.000000930. The van der Waals surface area contributed by atoms with Crippen molar-refractivity contribution in [2.45, 2.75) is 110 Å². The normalized spacial score (nSPS) is 28.5. The van der Waals surface area contributed by atoms with E-state index < -0.39 is 42.4 Å². The van der Waals surface area contributed by atoms with Gasteiger partial charge in [-0.1, -0.05) is 53.5 Å². The molecule has 2 aromatic rings. The molecule has 1 aromatic heterocycles. The zero-order valence-corrected chi connectivity index (χ0v) is 29.5.